The van der Waals surface area contributed by atoms with Gasteiger partial charge in [-0.05, 0) is 65.2 Å². The summed E-state index contributed by atoms with van der Waals surface area (Å²) in [6.07, 6.45) is 0. The molecule has 1 N–H and O–H groups in total. The van der Waals surface area contributed by atoms with E-state index in [0.717, 1.165) is 0 Å². The van der Waals surface area contributed by atoms with Crippen LogP contribution in [0.3, 0.4) is 0 Å². The van der Waals surface area contributed by atoms with Crippen LogP contribution in [0.25, 0.3) is 0 Å². The van der Waals surface area contributed by atoms with Crippen LogP contribution in [0.5, 0.6) is 28.7 Å². The minimum atomic E-state index is -4.30. The van der Waals surface area contributed by atoms with Crippen LogP contribution in [0, 0.1) is 11.8 Å². The van der Waals surface area contributed by atoms with E-state index in [1.54, 1.807) is 42.5 Å². The molecule has 0 amide bonds. The number of thiophene rings is 1. The third-order valence-electron chi connectivity index (χ3n) is 8.66. The fraction of sp³-hybridized carbons (Fsp3) is 0.281. The Bertz CT molecular complexity index is 2070. The third kappa shape index (κ3) is 5.17. The number of sulfone groups is 1. The highest BCUT2D eigenvalue weighted by atomic mass is 32.3. The Morgan fingerprint density at radius 2 is 1.43 bits per heavy atom. The summed E-state index contributed by atoms with van der Waals surface area (Å²) in [6.45, 7) is -0.0736. The Morgan fingerprint density at radius 3 is 2.06 bits per heavy atom. The van der Waals surface area contributed by atoms with Gasteiger partial charge in [-0.2, -0.15) is 0 Å². The Balaban J connectivity index is 1.33. The maximum absolute atomic E-state index is 14.0. The molecule has 1 saturated heterocycles. The first-order valence-corrected chi connectivity index (χ1v) is 18.2. The highest BCUT2D eigenvalue weighted by Gasteiger charge is 2.53. The van der Waals surface area contributed by atoms with Gasteiger partial charge in [0.25, 0.3) is 10.0 Å². The number of benzene rings is 3. The van der Waals surface area contributed by atoms with E-state index in [0.29, 0.717) is 56.8 Å². The molecule has 3 aliphatic rings. The summed E-state index contributed by atoms with van der Waals surface area (Å²) < 4.78 is 90.5. The molecule has 12 nitrogen and oxygen atoms in total. The third-order valence-corrected chi connectivity index (χ3v) is 13.9. The number of ether oxygens (including phenoxy) is 6. The van der Waals surface area contributed by atoms with Crippen LogP contribution in [-0.4, -0.2) is 57.5 Å². The van der Waals surface area contributed by atoms with Crippen LogP contribution in [0.1, 0.15) is 28.7 Å². The molecule has 0 saturated carbocycles. The van der Waals surface area contributed by atoms with Crippen molar-refractivity contribution in [1.29, 1.82) is 0 Å². The van der Waals surface area contributed by atoms with Crippen molar-refractivity contribution in [3.05, 3.63) is 83.4 Å². The van der Waals surface area contributed by atoms with Gasteiger partial charge in [-0.1, -0.05) is 18.2 Å². The predicted molar refractivity (Wildman–Crippen MR) is 168 cm³/mol. The van der Waals surface area contributed by atoms with Crippen molar-refractivity contribution in [3.8, 4) is 28.7 Å². The molecule has 246 valence electrons. The zero-order valence-electron chi connectivity index (χ0n) is 25.3. The zero-order valence-corrected chi connectivity index (χ0v) is 27.7. The summed E-state index contributed by atoms with van der Waals surface area (Å²) >= 11 is 0.645. The van der Waals surface area contributed by atoms with E-state index in [4.69, 9.17) is 28.4 Å². The average Bonchev–Trinajstić information content (AvgIpc) is 3.85. The SMILES string of the molecule is COc1cc([C@@H]2c3cc4c(cc3[C@@H](NS(=O)(=O)c3ccc(S(=O)(=O)c5ccccc5)s3)[C@H]3COC(=O)[C@H]23)OCO4)cc(OC)c1OC. The van der Waals surface area contributed by atoms with Crippen molar-refractivity contribution < 1.29 is 50.1 Å². The minimum Gasteiger partial charge on any atom is -0.493 e. The molecule has 15 heteroatoms. The van der Waals surface area contributed by atoms with Gasteiger partial charge in [0.1, 0.15) is 8.42 Å². The Kier molecular flexibility index (Phi) is 7.82. The first kappa shape index (κ1) is 31.3. The second-order valence-electron chi connectivity index (χ2n) is 11.1. The van der Waals surface area contributed by atoms with Crippen molar-refractivity contribution in [2.45, 2.75) is 25.3 Å². The number of hydrogen-bond acceptors (Lipinski definition) is 12. The fourth-order valence-electron chi connectivity index (χ4n) is 6.53. The van der Waals surface area contributed by atoms with Crippen LogP contribution in [-0.2, 0) is 29.4 Å². The second kappa shape index (κ2) is 11.7. The average molecular weight is 700 g/mol. The normalized spacial score (nSPS) is 21.5. The summed E-state index contributed by atoms with van der Waals surface area (Å²) in [5, 5.41) is 0. The summed E-state index contributed by atoms with van der Waals surface area (Å²) in [5.41, 5.74) is 1.84. The largest absolute Gasteiger partial charge is 0.493 e. The van der Waals surface area contributed by atoms with Crippen molar-refractivity contribution in [1.82, 2.24) is 4.72 Å². The number of hydrogen-bond donors (Lipinski definition) is 1. The molecule has 1 aliphatic carbocycles. The maximum Gasteiger partial charge on any atom is 0.310 e. The van der Waals surface area contributed by atoms with Crippen LogP contribution in [0.4, 0.5) is 0 Å². The predicted octanol–water partition coefficient (Wildman–Crippen LogP) is 4.29. The van der Waals surface area contributed by atoms with Gasteiger partial charge < -0.3 is 28.4 Å². The molecular weight excluding hydrogens is 671 g/mol. The molecule has 1 fully saturated rings. The van der Waals surface area contributed by atoms with Crippen LogP contribution < -0.4 is 28.4 Å². The number of methoxy groups -OCH3 is 3. The fourth-order valence-corrected chi connectivity index (χ4v) is 11.0. The molecule has 3 aromatic carbocycles. The Hall–Kier alpha value is -4.31. The van der Waals surface area contributed by atoms with E-state index < -0.39 is 49.6 Å². The highest BCUT2D eigenvalue weighted by molar-refractivity contribution is 7.95. The van der Waals surface area contributed by atoms with E-state index in [-0.39, 0.29) is 26.7 Å². The number of rotatable bonds is 9. The number of cyclic esters (lactones) is 1. The van der Waals surface area contributed by atoms with E-state index in [1.165, 1.54) is 45.6 Å². The lowest BCUT2D eigenvalue weighted by molar-refractivity contribution is -0.141. The van der Waals surface area contributed by atoms with Gasteiger partial charge >= 0.3 is 5.97 Å². The Morgan fingerprint density at radius 1 is 0.787 bits per heavy atom. The molecule has 0 bridgehead atoms. The summed E-state index contributed by atoms with van der Waals surface area (Å²) in [6, 6.07) is 16.4. The standard InChI is InChI=1S/C32H29NO11S3/c1-39-24-11-17(12-25(40-2)31(24)41-3)28-19-13-22-23(44-16-43-22)14-20(19)30(21-15-42-32(34)29(21)28)33-47(37,38)27-10-9-26(45-27)46(35,36)18-7-5-4-6-8-18/h4-14,21,28-30,33H,15-16H2,1-3H3/t21-,28+,29-,30+/m0/s1. The van der Waals surface area contributed by atoms with E-state index in [1.807, 2.05) is 0 Å². The summed E-state index contributed by atoms with van der Waals surface area (Å²) in [4.78, 5) is 13.5. The van der Waals surface area contributed by atoms with Crippen molar-refractivity contribution in [2.24, 2.45) is 11.8 Å². The lowest BCUT2D eigenvalue weighted by Crippen LogP contribution is -2.42. The van der Waals surface area contributed by atoms with Gasteiger partial charge in [0, 0.05) is 11.8 Å². The molecule has 4 aromatic rings. The first-order valence-electron chi connectivity index (χ1n) is 14.4. The number of sulfonamides is 1. The van der Waals surface area contributed by atoms with Gasteiger partial charge in [-0.25, -0.2) is 21.6 Å². The molecule has 0 radical (unpaired) electrons. The van der Waals surface area contributed by atoms with Gasteiger partial charge in [0.05, 0.1) is 44.8 Å². The van der Waals surface area contributed by atoms with Crippen molar-refractivity contribution >= 4 is 37.2 Å². The second-order valence-corrected chi connectivity index (χ2v) is 16.3. The molecular formula is C32H29NO11S3. The van der Waals surface area contributed by atoms with Crippen LogP contribution >= 0.6 is 11.3 Å². The van der Waals surface area contributed by atoms with E-state index >= 15 is 0 Å². The van der Waals surface area contributed by atoms with Gasteiger partial charge in [-0.3, -0.25) is 4.79 Å². The number of carbonyl (C=O) groups excluding carboxylic acids is 1. The van der Waals surface area contributed by atoms with Crippen molar-refractivity contribution in [3.63, 3.8) is 0 Å². The first-order chi connectivity index (χ1) is 22.6. The van der Waals surface area contributed by atoms with Crippen LogP contribution in [0.2, 0.25) is 0 Å². The molecule has 47 heavy (non-hydrogen) atoms. The monoisotopic (exact) mass is 699 g/mol. The lowest BCUT2D eigenvalue weighted by Gasteiger charge is -2.39. The van der Waals surface area contributed by atoms with Gasteiger partial charge in [-0.15, -0.1) is 11.3 Å². The van der Waals surface area contributed by atoms with E-state index in [9.17, 15) is 21.6 Å². The summed E-state index contributed by atoms with van der Waals surface area (Å²) in [7, 11) is -3.76. The molecule has 3 heterocycles. The smallest absolute Gasteiger partial charge is 0.310 e. The maximum atomic E-state index is 14.0. The van der Waals surface area contributed by atoms with Crippen LogP contribution in [0.15, 0.2) is 80.0 Å². The Labute approximate surface area is 275 Å². The number of fused-ring (bicyclic) bond motifs is 3. The number of nitrogens with one attached hydrogen (secondary N) is 1. The number of esters is 1. The van der Waals surface area contributed by atoms with Crippen molar-refractivity contribution in [2.75, 3.05) is 34.7 Å². The zero-order chi connectivity index (χ0) is 33.1. The molecule has 4 atom stereocenters. The lowest BCUT2D eigenvalue weighted by atomic mass is 9.65. The topological polar surface area (TPSA) is 153 Å². The molecule has 7 rings (SSSR count). The van der Waals surface area contributed by atoms with Gasteiger partial charge in [0.15, 0.2) is 23.0 Å². The molecule has 1 aromatic heterocycles. The molecule has 2 aliphatic heterocycles. The van der Waals surface area contributed by atoms with Gasteiger partial charge in [0.2, 0.25) is 22.4 Å². The quantitative estimate of drug-likeness (QED) is 0.249. The minimum absolute atomic E-state index is 0.0216. The highest BCUT2D eigenvalue weighted by Crippen LogP contribution is 2.56. The molecule has 0 spiro atoms. The molecule has 0 unspecified atom stereocenters. The summed E-state index contributed by atoms with van der Waals surface area (Å²) in [5.74, 6) is -0.539. The van der Waals surface area contributed by atoms with E-state index in [2.05, 4.69) is 4.72 Å². The number of carbonyl (C=O) groups is 1.